The van der Waals surface area contributed by atoms with Crippen molar-refractivity contribution in [1.29, 1.82) is 5.26 Å². The number of carboxylic acid groups (broad SMARTS) is 1. The highest BCUT2D eigenvalue weighted by Gasteiger charge is 2.43. The summed E-state index contributed by atoms with van der Waals surface area (Å²) in [5, 5.41) is 18.2. The maximum atomic E-state index is 12.5. The van der Waals surface area contributed by atoms with Gasteiger partial charge in [0, 0.05) is 13.6 Å². The number of carboxylic acids is 1. The maximum absolute atomic E-state index is 12.5. The van der Waals surface area contributed by atoms with Crippen LogP contribution in [0.5, 0.6) is 0 Å². The van der Waals surface area contributed by atoms with Gasteiger partial charge in [-0.25, -0.2) is 4.79 Å². The zero-order valence-corrected chi connectivity index (χ0v) is 12.0. The van der Waals surface area contributed by atoms with Gasteiger partial charge in [-0.3, -0.25) is 4.79 Å². The lowest BCUT2D eigenvalue weighted by atomic mass is 9.86. The van der Waals surface area contributed by atoms with Crippen molar-refractivity contribution in [2.24, 2.45) is 5.41 Å². The molecule has 0 spiro atoms. The minimum Gasteiger partial charge on any atom is -0.478 e. The molecule has 0 atom stereocenters. The number of nitriles is 1. The highest BCUT2D eigenvalue weighted by molar-refractivity contribution is 5.87. The summed E-state index contributed by atoms with van der Waals surface area (Å²) in [6.07, 6.45) is 3.09. The molecule has 110 valence electrons. The number of rotatable bonds is 4. The highest BCUT2D eigenvalue weighted by atomic mass is 16.4. The normalized spacial score (nSPS) is 16.2. The molecular formula is C16H18N2O3. The number of hydrogen-bond donors (Lipinski definition) is 1. The molecule has 0 bridgehead atoms. The van der Waals surface area contributed by atoms with Crippen molar-refractivity contribution >= 4 is 11.9 Å². The molecule has 1 aromatic carbocycles. The molecule has 21 heavy (non-hydrogen) atoms. The molecule has 0 aliphatic heterocycles. The van der Waals surface area contributed by atoms with Crippen molar-refractivity contribution in [2.45, 2.75) is 32.2 Å². The van der Waals surface area contributed by atoms with Crippen molar-refractivity contribution in [3.8, 4) is 6.07 Å². The van der Waals surface area contributed by atoms with Gasteiger partial charge in [0.2, 0.25) is 5.91 Å². The Morgan fingerprint density at radius 3 is 2.33 bits per heavy atom. The Morgan fingerprint density at radius 1 is 1.29 bits per heavy atom. The van der Waals surface area contributed by atoms with Crippen LogP contribution in [0.25, 0.3) is 0 Å². The maximum Gasteiger partial charge on any atom is 0.335 e. The first-order valence-corrected chi connectivity index (χ1v) is 6.97. The molecule has 1 aliphatic rings. The van der Waals surface area contributed by atoms with Gasteiger partial charge < -0.3 is 10.0 Å². The molecule has 1 aliphatic carbocycles. The Bertz CT molecular complexity index is 581. The Labute approximate surface area is 123 Å². The summed E-state index contributed by atoms with van der Waals surface area (Å²) in [7, 11) is 1.69. The third-order valence-corrected chi connectivity index (χ3v) is 4.05. The smallest absolute Gasteiger partial charge is 0.335 e. The SMILES string of the molecule is CN(Cc1ccc(C(=O)O)cc1)C(=O)C1(C#N)CCCC1. The lowest BCUT2D eigenvalue weighted by Crippen LogP contribution is -2.39. The Balaban J connectivity index is 2.07. The van der Waals surface area contributed by atoms with Crippen LogP contribution in [0.4, 0.5) is 0 Å². The van der Waals surface area contributed by atoms with Gasteiger partial charge in [0.1, 0.15) is 5.41 Å². The van der Waals surface area contributed by atoms with Gasteiger partial charge in [0.15, 0.2) is 0 Å². The molecule has 5 nitrogen and oxygen atoms in total. The predicted molar refractivity (Wildman–Crippen MR) is 76.4 cm³/mol. The molecule has 1 fully saturated rings. The first-order chi connectivity index (χ1) is 9.98. The summed E-state index contributed by atoms with van der Waals surface area (Å²) >= 11 is 0. The van der Waals surface area contributed by atoms with E-state index in [-0.39, 0.29) is 11.5 Å². The lowest BCUT2D eigenvalue weighted by Gasteiger charge is -2.26. The number of nitrogens with zero attached hydrogens (tertiary/aromatic N) is 2. The molecule has 2 rings (SSSR count). The lowest BCUT2D eigenvalue weighted by molar-refractivity contribution is -0.138. The highest BCUT2D eigenvalue weighted by Crippen LogP contribution is 2.39. The third-order valence-electron chi connectivity index (χ3n) is 4.05. The van der Waals surface area contributed by atoms with Crippen molar-refractivity contribution < 1.29 is 14.7 Å². The van der Waals surface area contributed by atoms with Gasteiger partial charge in [0.05, 0.1) is 11.6 Å². The second-order valence-corrected chi connectivity index (χ2v) is 5.56. The molecule has 0 saturated heterocycles. The predicted octanol–water partition coefficient (Wildman–Crippen LogP) is 2.43. The van der Waals surface area contributed by atoms with Crippen LogP contribution in [0.15, 0.2) is 24.3 Å². The van der Waals surface area contributed by atoms with E-state index in [2.05, 4.69) is 6.07 Å². The average Bonchev–Trinajstić information content (AvgIpc) is 2.97. The summed E-state index contributed by atoms with van der Waals surface area (Å²) in [4.78, 5) is 24.8. The summed E-state index contributed by atoms with van der Waals surface area (Å²) in [5.74, 6) is -1.11. The molecule has 0 radical (unpaired) electrons. The fraction of sp³-hybridized carbons (Fsp3) is 0.438. The summed E-state index contributed by atoms with van der Waals surface area (Å²) in [5.41, 5.74) is 0.203. The quantitative estimate of drug-likeness (QED) is 0.921. The van der Waals surface area contributed by atoms with Crippen molar-refractivity contribution in [3.05, 3.63) is 35.4 Å². The summed E-state index contributed by atoms with van der Waals surface area (Å²) in [6.45, 7) is 0.377. The Kier molecular flexibility index (Phi) is 4.27. The third kappa shape index (κ3) is 3.05. The zero-order chi connectivity index (χ0) is 15.5. The molecule has 1 aromatic rings. The van der Waals surface area contributed by atoms with Crippen LogP contribution in [-0.4, -0.2) is 28.9 Å². The van der Waals surface area contributed by atoms with E-state index < -0.39 is 11.4 Å². The van der Waals surface area contributed by atoms with Gasteiger partial charge in [-0.1, -0.05) is 25.0 Å². The van der Waals surface area contributed by atoms with Crippen molar-refractivity contribution in [3.63, 3.8) is 0 Å². The van der Waals surface area contributed by atoms with E-state index in [0.29, 0.717) is 19.4 Å². The molecule has 1 saturated carbocycles. The first kappa shape index (κ1) is 15.0. The van der Waals surface area contributed by atoms with Crippen LogP contribution in [0.1, 0.15) is 41.6 Å². The molecule has 0 unspecified atom stereocenters. The average molecular weight is 286 g/mol. The zero-order valence-electron chi connectivity index (χ0n) is 12.0. The number of amides is 1. The van der Waals surface area contributed by atoms with Crippen molar-refractivity contribution in [2.75, 3.05) is 7.05 Å². The van der Waals surface area contributed by atoms with E-state index in [1.807, 2.05) is 0 Å². The van der Waals surface area contributed by atoms with Crippen LogP contribution < -0.4 is 0 Å². The van der Waals surface area contributed by atoms with E-state index in [0.717, 1.165) is 18.4 Å². The number of aromatic carboxylic acids is 1. The number of benzene rings is 1. The van der Waals surface area contributed by atoms with Gasteiger partial charge >= 0.3 is 5.97 Å². The fourth-order valence-electron chi connectivity index (χ4n) is 2.82. The van der Waals surface area contributed by atoms with Gasteiger partial charge in [-0.15, -0.1) is 0 Å². The van der Waals surface area contributed by atoms with E-state index in [9.17, 15) is 14.9 Å². The Morgan fingerprint density at radius 2 is 1.86 bits per heavy atom. The van der Waals surface area contributed by atoms with Gasteiger partial charge in [-0.05, 0) is 30.5 Å². The Hall–Kier alpha value is -2.35. The number of carbonyl (C=O) groups is 2. The van der Waals surface area contributed by atoms with E-state index in [4.69, 9.17) is 5.11 Å². The summed E-state index contributed by atoms with van der Waals surface area (Å²) in [6, 6.07) is 8.63. The van der Waals surface area contributed by atoms with Crippen molar-refractivity contribution in [1.82, 2.24) is 4.90 Å². The van der Waals surface area contributed by atoms with Crippen LogP contribution in [0.2, 0.25) is 0 Å². The number of carbonyl (C=O) groups excluding carboxylic acids is 1. The number of hydrogen-bond acceptors (Lipinski definition) is 3. The molecule has 5 heteroatoms. The molecule has 1 N–H and O–H groups in total. The second kappa shape index (κ2) is 5.96. The van der Waals surface area contributed by atoms with Crippen LogP contribution in [0.3, 0.4) is 0 Å². The van der Waals surface area contributed by atoms with E-state index >= 15 is 0 Å². The first-order valence-electron chi connectivity index (χ1n) is 6.97. The topological polar surface area (TPSA) is 81.4 Å². The largest absolute Gasteiger partial charge is 0.478 e. The second-order valence-electron chi connectivity index (χ2n) is 5.56. The molecule has 0 aromatic heterocycles. The van der Waals surface area contributed by atoms with E-state index in [1.165, 1.54) is 12.1 Å². The van der Waals surface area contributed by atoms with Gasteiger partial charge in [-0.2, -0.15) is 5.26 Å². The monoisotopic (exact) mass is 286 g/mol. The van der Waals surface area contributed by atoms with Crippen LogP contribution in [0, 0.1) is 16.7 Å². The minimum absolute atomic E-state index is 0.134. The molecule has 1 amide bonds. The molecule has 0 heterocycles. The van der Waals surface area contributed by atoms with E-state index in [1.54, 1.807) is 24.1 Å². The summed E-state index contributed by atoms with van der Waals surface area (Å²) < 4.78 is 0. The standard InChI is InChI=1S/C16H18N2O3/c1-18(15(21)16(11-17)8-2-3-9-16)10-12-4-6-13(7-5-12)14(19)20/h4-7H,2-3,8-10H2,1H3,(H,19,20). The molecular weight excluding hydrogens is 268 g/mol. The van der Waals surface area contributed by atoms with Crippen LogP contribution in [-0.2, 0) is 11.3 Å². The minimum atomic E-state index is -0.972. The van der Waals surface area contributed by atoms with Crippen LogP contribution >= 0.6 is 0 Å². The fourth-order valence-corrected chi connectivity index (χ4v) is 2.82. The van der Waals surface area contributed by atoms with Gasteiger partial charge in [0.25, 0.3) is 0 Å².